The third-order valence-electron chi connectivity index (χ3n) is 3.16. The molecule has 0 unspecified atom stereocenters. The maximum atomic E-state index is 9.13. The molecule has 2 rings (SSSR count). The fourth-order valence-electron chi connectivity index (χ4n) is 2.37. The molecule has 0 aromatic carbocycles. The second-order valence-electron chi connectivity index (χ2n) is 4.51. The van der Waals surface area contributed by atoms with E-state index in [0.717, 1.165) is 17.1 Å². The lowest BCUT2D eigenvalue weighted by Gasteiger charge is -2.16. The molecular weight excluding hydrogens is 198 g/mol. The Hall–Kier alpha value is -1.56. The van der Waals surface area contributed by atoms with Gasteiger partial charge in [-0.2, -0.15) is 5.26 Å². The first-order valence-electron chi connectivity index (χ1n) is 5.85. The van der Waals surface area contributed by atoms with Crippen LogP contribution in [0.5, 0.6) is 0 Å². The Morgan fingerprint density at radius 3 is 2.69 bits per heavy atom. The topological polar surface area (TPSA) is 48.7 Å². The maximum absolute atomic E-state index is 9.13. The molecule has 3 nitrogen and oxygen atoms in total. The van der Waals surface area contributed by atoms with Crippen LogP contribution in [0.25, 0.3) is 0 Å². The van der Waals surface area contributed by atoms with Crippen molar-refractivity contribution in [3.05, 3.63) is 23.0 Å². The van der Waals surface area contributed by atoms with E-state index >= 15 is 0 Å². The second-order valence-corrected chi connectivity index (χ2v) is 4.51. The van der Waals surface area contributed by atoms with E-state index in [2.05, 4.69) is 16.4 Å². The highest BCUT2D eigenvalue weighted by Crippen LogP contribution is 2.25. The van der Waals surface area contributed by atoms with E-state index in [1.807, 2.05) is 19.9 Å². The van der Waals surface area contributed by atoms with Crippen LogP contribution in [0.3, 0.4) is 0 Å². The largest absolute Gasteiger partial charge is 0.381 e. The Bertz CT molecular complexity index is 426. The molecule has 0 bridgehead atoms. The lowest BCUT2D eigenvalue weighted by Crippen LogP contribution is -2.16. The van der Waals surface area contributed by atoms with Gasteiger partial charge in [0.05, 0.1) is 16.9 Å². The first kappa shape index (κ1) is 10.9. The number of hydrogen-bond acceptors (Lipinski definition) is 3. The molecule has 0 atom stereocenters. The molecule has 1 aromatic rings. The number of aryl methyl sites for hydroxylation is 2. The molecule has 1 aromatic heterocycles. The van der Waals surface area contributed by atoms with Crippen molar-refractivity contribution >= 4 is 5.69 Å². The van der Waals surface area contributed by atoms with Gasteiger partial charge < -0.3 is 5.32 Å². The number of rotatable bonds is 2. The first-order chi connectivity index (χ1) is 7.70. The average molecular weight is 215 g/mol. The van der Waals surface area contributed by atoms with Crippen LogP contribution in [0.1, 0.15) is 42.6 Å². The van der Waals surface area contributed by atoms with E-state index in [-0.39, 0.29) is 0 Å². The fraction of sp³-hybridized carbons (Fsp3) is 0.538. The molecule has 1 heterocycles. The highest BCUT2D eigenvalue weighted by molar-refractivity contribution is 5.60. The maximum Gasteiger partial charge on any atom is 0.103 e. The molecule has 1 saturated carbocycles. The molecule has 1 fully saturated rings. The summed E-state index contributed by atoms with van der Waals surface area (Å²) in [5.41, 5.74) is 3.44. The Labute approximate surface area is 96.5 Å². The normalized spacial score (nSPS) is 16.1. The number of pyridine rings is 1. The van der Waals surface area contributed by atoms with Crippen LogP contribution in [0, 0.1) is 25.2 Å². The van der Waals surface area contributed by atoms with Gasteiger partial charge in [-0.05, 0) is 32.8 Å². The van der Waals surface area contributed by atoms with Crippen LogP contribution >= 0.6 is 0 Å². The van der Waals surface area contributed by atoms with Gasteiger partial charge in [-0.15, -0.1) is 0 Å². The lowest BCUT2D eigenvalue weighted by atomic mass is 10.1. The summed E-state index contributed by atoms with van der Waals surface area (Å²) < 4.78 is 0. The molecule has 0 radical (unpaired) electrons. The summed E-state index contributed by atoms with van der Waals surface area (Å²) in [6, 6.07) is 4.75. The zero-order valence-electron chi connectivity index (χ0n) is 9.88. The number of nitriles is 1. The van der Waals surface area contributed by atoms with E-state index in [1.54, 1.807) is 0 Å². The van der Waals surface area contributed by atoms with Gasteiger partial charge in [0.1, 0.15) is 6.07 Å². The van der Waals surface area contributed by atoms with Crippen molar-refractivity contribution in [2.24, 2.45) is 0 Å². The highest BCUT2D eigenvalue weighted by Gasteiger charge is 2.17. The molecule has 0 aliphatic heterocycles. The van der Waals surface area contributed by atoms with Crippen LogP contribution in [-0.4, -0.2) is 11.0 Å². The van der Waals surface area contributed by atoms with Gasteiger partial charge in [-0.3, -0.25) is 4.98 Å². The summed E-state index contributed by atoms with van der Waals surface area (Å²) in [6.07, 6.45) is 5.02. The minimum Gasteiger partial charge on any atom is -0.381 e. The zero-order valence-corrected chi connectivity index (χ0v) is 9.88. The highest BCUT2D eigenvalue weighted by atomic mass is 14.9. The van der Waals surface area contributed by atoms with Crippen LogP contribution < -0.4 is 5.32 Å². The van der Waals surface area contributed by atoms with E-state index in [1.165, 1.54) is 25.7 Å². The molecule has 1 N–H and O–H groups in total. The zero-order chi connectivity index (χ0) is 11.5. The molecule has 0 saturated heterocycles. The summed E-state index contributed by atoms with van der Waals surface area (Å²) in [5.74, 6) is 0. The predicted octanol–water partition coefficient (Wildman–Crippen LogP) is 2.92. The van der Waals surface area contributed by atoms with Gasteiger partial charge in [-0.25, -0.2) is 0 Å². The average Bonchev–Trinajstić information content (AvgIpc) is 2.70. The number of hydrogen-bond donors (Lipinski definition) is 1. The quantitative estimate of drug-likeness (QED) is 0.825. The van der Waals surface area contributed by atoms with Gasteiger partial charge in [-0.1, -0.05) is 12.8 Å². The minimum absolute atomic E-state index is 0.535. The van der Waals surface area contributed by atoms with Crippen LogP contribution in [0.15, 0.2) is 6.07 Å². The van der Waals surface area contributed by atoms with Crippen LogP contribution in [0.4, 0.5) is 5.69 Å². The Balaban J connectivity index is 2.28. The van der Waals surface area contributed by atoms with Crippen molar-refractivity contribution in [3.8, 4) is 6.07 Å². The summed E-state index contributed by atoms with van der Waals surface area (Å²) in [4.78, 5) is 4.32. The van der Waals surface area contributed by atoms with Gasteiger partial charge in [0.25, 0.3) is 0 Å². The van der Waals surface area contributed by atoms with Crippen molar-refractivity contribution in [2.45, 2.75) is 45.6 Å². The minimum atomic E-state index is 0.535. The van der Waals surface area contributed by atoms with Gasteiger partial charge in [0.15, 0.2) is 0 Å². The Morgan fingerprint density at radius 2 is 2.06 bits per heavy atom. The summed E-state index contributed by atoms with van der Waals surface area (Å²) in [7, 11) is 0. The smallest absolute Gasteiger partial charge is 0.103 e. The number of nitrogens with zero attached hydrogens (tertiary/aromatic N) is 2. The Morgan fingerprint density at radius 1 is 1.38 bits per heavy atom. The monoisotopic (exact) mass is 215 g/mol. The fourth-order valence-corrected chi connectivity index (χ4v) is 2.37. The number of nitrogens with one attached hydrogen (secondary N) is 1. The molecule has 3 heteroatoms. The van der Waals surface area contributed by atoms with Crippen molar-refractivity contribution in [3.63, 3.8) is 0 Å². The molecule has 0 amide bonds. The van der Waals surface area contributed by atoms with Crippen molar-refractivity contribution in [1.82, 2.24) is 4.98 Å². The summed E-state index contributed by atoms with van der Waals surface area (Å²) >= 11 is 0. The van der Waals surface area contributed by atoms with Gasteiger partial charge in [0, 0.05) is 11.7 Å². The lowest BCUT2D eigenvalue weighted by molar-refractivity contribution is 0.754. The van der Waals surface area contributed by atoms with E-state index in [0.29, 0.717) is 11.6 Å². The number of aromatic nitrogens is 1. The molecular formula is C13H17N3. The van der Waals surface area contributed by atoms with E-state index in [4.69, 9.17) is 5.26 Å². The van der Waals surface area contributed by atoms with Crippen molar-refractivity contribution in [1.29, 1.82) is 5.26 Å². The predicted molar refractivity (Wildman–Crippen MR) is 64.3 cm³/mol. The second kappa shape index (κ2) is 4.52. The molecule has 0 spiro atoms. The van der Waals surface area contributed by atoms with Gasteiger partial charge in [0.2, 0.25) is 0 Å². The third kappa shape index (κ3) is 2.16. The van der Waals surface area contributed by atoms with Crippen LogP contribution in [-0.2, 0) is 0 Å². The van der Waals surface area contributed by atoms with E-state index < -0.39 is 0 Å². The standard InChI is InChI=1S/C13H17N3/c1-9-7-13(12(8-14)10(2)15-9)16-11-5-3-4-6-11/h7,11H,3-6H2,1-2H3,(H,15,16). The van der Waals surface area contributed by atoms with Crippen LogP contribution in [0.2, 0.25) is 0 Å². The molecule has 16 heavy (non-hydrogen) atoms. The Kier molecular flexibility index (Phi) is 3.09. The SMILES string of the molecule is Cc1cc(NC2CCCC2)c(C#N)c(C)n1. The summed E-state index contributed by atoms with van der Waals surface area (Å²) in [6.45, 7) is 3.86. The van der Waals surface area contributed by atoms with Crippen molar-refractivity contribution in [2.75, 3.05) is 5.32 Å². The van der Waals surface area contributed by atoms with E-state index in [9.17, 15) is 0 Å². The van der Waals surface area contributed by atoms with Crippen molar-refractivity contribution < 1.29 is 0 Å². The molecule has 1 aliphatic rings. The van der Waals surface area contributed by atoms with Gasteiger partial charge >= 0.3 is 0 Å². The summed E-state index contributed by atoms with van der Waals surface area (Å²) in [5, 5.41) is 12.6. The third-order valence-corrected chi connectivity index (χ3v) is 3.16. The first-order valence-corrected chi connectivity index (χ1v) is 5.85. The number of anilines is 1. The molecule has 84 valence electrons. The molecule has 1 aliphatic carbocycles.